The van der Waals surface area contributed by atoms with Crippen molar-refractivity contribution in [3.63, 3.8) is 0 Å². The first-order valence-electron chi connectivity index (χ1n) is 4.92. The summed E-state index contributed by atoms with van der Waals surface area (Å²) in [6.45, 7) is 3.55. The number of nitrogens with one attached hydrogen (secondary N) is 1. The van der Waals surface area contributed by atoms with Crippen molar-refractivity contribution in [3.8, 4) is 0 Å². The van der Waals surface area contributed by atoms with Gasteiger partial charge in [-0.25, -0.2) is 4.98 Å². The number of piperidine rings is 1. The van der Waals surface area contributed by atoms with Crippen LogP contribution in [0, 0.1) is 6.92 Å². The summed E-state index contributed by atoms with van der Waals surface area (Å²) in [6.07, 6.45) is 1.43. The van der Waals surface area contributed by atoms with Gasteiger partial charge in [0.2, 0.25) is 0 Å². The number of H-pyrrole nitrogens is 1. The van der Waals surface area contributed by atoms with Crippen LogP contribution in [0.2, 0.25) is 0 Å². The van der Waals surface area contributed by atoms with Crippen molar-refractivity contribution in [2.75, 3.05) is 23.7 Å². The third kappa shape index (κ3) is 1.68. The highest BCUT2D eigenvalue weighted by Gasteiger charge is 2.20. The molecule has 0 aromatic carbocycles. The quantitative estimate of drug-likeness (QED) is 0.602. The van der Waals surface area contributed by atoms with Crippen LogP contribution in [0.15, 0.2) is 0 Å². The van der Waals surface area contributed by atoms with Gasteiger partial charge in [0.1, 0.15) is 11.6 Å². The third-order valence-electron chi connectivity index (χ3n) is 2.59. The fourth-order valence-electron chi connectivity index (χ4n) is 1.82. The first-order valence-corrected chi connectivity index (χ1v) is 4.92. The Kier molecular flexibility index (Phi) is 2.33. The lowest BCUT2D eigenvalue weighted by Gasteiger charge is -2.29. The Labute approximate surface area is 82.9 Å². The van der Waals surface area contributed by atoms with Gasteiger partial charge in [-0.3, -0.25) is 0 Å². The average Bonchev–Trinajstić information content (AvgIpc) is 2.47. The lowest BCUT2D eigenvalue weighted by molar-refractivity contribution is 0.145. The van der Waals surface area contributed by atoms with Crippen LogP contribution in [0.3, 0.4) is 0 Å². The monoisotopic (exact) mass is 196 g/mol. The molecule has 1 fully saturated rings. The number of nitrogen functional groups attached to an aromatic ring is 1. The van der Waals surface area contributed by atoms with Gasteiger partial charge in [-0.1, -0.05) is 0 Å². The van der Waals surface area contributed by atoms with Crippen molar-refractivity contribution in [2.24, 2.45) is 0 Å². The van der Waals surface area contributed by atoms with Gasteiger partial charge in [0.15, 0.2) is 5.82 Å². The summed E-state index contributed by atoms with van der Waals surface area (Å²) in [5.41, 5.74) is 5.78. The van der Waals surface area contributed by atoms with Crippen molar-refractivity contribution in [3.05, 3.63) is 5.82 Å². The maximum atomic E-state index is 9.36. The molecule has 4 N–H and O–H groups in total. The number of hydrogen-bond donors (Lipinski definition) is 3. The highest BCUT2D eigenvalue weighted by atomic mass is 16.3. The first kappa shape index (κ1) is 9.33. The van der Waals surface area contributed by atoms with E-state index < -0.39 is 0 Å². The molecule has 2 rings (SSSR count). The molecule has 0 bridgehead atoms. The molecule has 2 heterocycles. The summed E-state index contributed by atoms with van der Waals surface area (Å²) in [5.74, 6) is 2.29. The maximum absolute atomic E-state index is 9.36. The van der Waals surface area contributed by atoms with Gasteiger partial charge in [0.05, 0.1) is 6.10 Å². The fourth-order valence-corrected chi connectivity index (χ4v) is 1.82. The molecule has 1 saturated heterocycles. The smallest absolute Gasteiger partial charge is 0.171 e. The van der Waals surface area contributed by atoms with Crippen LogP contribution in [0.5, 0.6) is 0 Å². The zero-order valence-electron chi connectivity index (χ0n) is 8.32. The number of rotatable bonds is 1. The van der Waals surface area contributed by atoms with E-state index in [0.717, 1.165) is 37.6 Å². The van der Waals surface area contributed by atoms with E-state index >= 15 is 0 Å². The highest BCUT2D eigenvalue weighted by molar-refractivity contribution is 5.59. The van der Waals surface area contributed by atoms with E-state index in [1.165, 1.54) is 0 Å². The van der Waals surface area contributed by atoms with Crippen LogP contribution >= 0.6 is 0 Å². The summed E-state index contributed by atoms with van der Waals surface area (Å²) in [7, 11) is 0. The summed E-state index contributed by atoms with van der Waals surface area (Å²) in [4.78, 5) is 9.42. The Hall–Kier alpha value is -1.23. The standard InChI is InChI=1S/C9H16N4O/c1-6-11-8(10)9(12-6)13-4-2-7(14)3-5-13/h7,14H,2-5,10H2,1H3,(H,11,12). The van der Waals surface area contributed by atoms with Crippen molar-refractivity contribution in [1.82, 2.24) is 9.97 Å². The molecule has 0 saturated carbocycles. The van der Waals surface area contributed by atoms with Crippen molar-refractivity contribution >= 4 is 11.6 Å². The normalized spacial score (nSPS) is 18.9. The number of anilines is 2. The van der Waals surface area contributed by atoms with Crippen molar-refractivity contribution < 1.29 is 5.11 Å². The van der Waals surface area contributed by atoms with Crippen molar-refractivity contribution in [2.45, 2.75) is 25.9 Å². The van der Waals surface area contributed by atoms with Gasteiger partial charge >= 0.3 is 0 Å². The molecule has 0 radical (unpaired) electrons. The number of hydrogen-bond acceptors (Lipinski definition) is 4. The van der Waals surface area contributed by atoms with Gasteiger partial charge < -0.3 is 20.7 Å². The zero-order valence-corrected chi connectivity index (χ0v) is 8.32. The predicted octanol–water partition coefficient (Wildman–Crippen LogP) is 0.261. The molecule has 0 amide bonds. The Morgan fingerprint density at radius 2 is 2.14 bits per heavy atom. The van der Waals surface area contributed by atoms with Crippen molar-refractivity contribution in [1.29, 1.82) is 0 Å². The second kappa shape index (κ2) is 3.49. The first-order chi connectivity index (χ1) is 6.66. The number of aryl methyl sites for hydroxylation is 1. The minimum Gasteiger partial charge on any atom is -0.393 e. The minimum atomic E-state index is -0.160. The summed E-state index contributed by atoms with van der Waals surface area (Å²) < 4.78 is 0. The number of nitrogens with two attached hydrogens (primary N) is 1. The van der Waals surface area contributed by atoms with Gasteiger partial charge in [0.25, 0.3) is 0 Å². The van der Waals surface area contributed by atoms with E-state index in [2.05, 4.69) is 14.9 Å². The Bertz CT molecular complexity index is 315. The molecule has 1 aliphatic rings. The number of imidazole rings is 1. The fraction of sp³-hybridized carbons (Fsp3) is 0.667. The molecular formula is C9H16N4O. The van der Waals surface area contributed by atoms with Gasteiger partial charge in [0, 0.05) is 13.1 Å². The molecule has 14 heavy (non-hydrogen) atoms. The molecule has 5 nitrogen and oxygen atoms in total. The van der Waals surface area contributed by atoms with E-state index in [-0.39, 0.29) is 6.10 Å². The second-order valence-electron chi connectivity index (χ2n) is 3.78. The van der Waals surface area contributed by atoms with E-state index in [4.69, 9.17) is 5.73 Å². The minimum absolute atomic E-state index is 0.160. The Morgan fingerprint density at radius 1 is 1.50 bits per heavy atom. The lowest BCUT2D eigenvalue weighted by atomic mass is 10.1. The molecule has 1 aromatic heterocycles. The molecule has 1 aliphatic heterocycles. The number of aliphatic hydroxyl groups is 1. The molecule has 0 aliphatic carbocycles. The molecule has 5 heteroatoms. The van der Waals surface area contributed by atoms with Gasteiger partial charge in [-0.2, -0.15) is 0 Å². The van der Waals surface area contributed by atoms with Crippen LogP contribution in [-0.2, 0) is 0 Å². The molecule has 1 aromatic rings. The molecular weight excluding hydrogens is 180 g/mol. The SMILES string of the molecule is Cc1nc(N2CCC(O)CC2)c(N)[nH]1. The Morgan fingerprint density at radius 3 is 2.64 bits per heavy atom. The van der Waals surface area contributed by atoms with E-state index in [0.29, 0.717) is 5.82 Å². The molecule has 0 atom stereocenters. The largest absolute Gasteiger partial charge is 0.393 e. The van der Waals surface area contributed by atoms with E-state index in [1.807, 2.05) is 6.92 Å². The van der Waals surface area contributed by atoms with E-state index in [9.17, 15) is 5.11 Å². The topological polar surface area (TPSA) is 78.2 Å². The lowest BCUT2D eigenvalue weighted by Crippen LogP contribution is -2.36. The third-order valence-corrected chi connectivity index (χ3v) is 2.59. The highest BCUT2D eigenvalue weighted by Crippen LogP contribution is 2.23. The predicted molar refractivity (Wildman–Crippen MR) is 55.2 cm³/mol. The number of aromatic nitrogens is 2. The number of aromatic amines is 1. The van der Waals surface area contributed by atoms with Crippen LogP contribution in [-0.4, -0.2) is 34.3 Å². The summed E-state index contributed by atoms with van der Waals surface area (Å²) in [5, 5.41) is 9.36. The molecule has 78 valence electrons. The Balaban J connectivity index is 2.11. The van der Waals surface area contributed by atoms with Gasteiger partial charge in [-0.15, -0.1) is 0 Å². The summed E-state index contributed by atoms with van der Waals surface area (Å²) in [6, 6.07) is 0. The number of nitrogens with zero attached hydrogens (tertiary/aromatic N) is 2. The van der Waals surface area contributed by atoms with Gasteiger partial charge in [-0.05, 0) is 19.8 Å². The molecule has 0 spiro atoms. The van der Waals surface area contributed by atoms with Crippen LogP contribution in [0.1, 0.15) is 18.7 Å². The van der Waals surface area contributed by atoms with Crippen LogP contribution in [0.25, 0.3) is 0 Å². The number of aliphatic hydroxyl groups excluding tert-OH is 1. The van der Waals surface area contributed by atoms with E-state index in [1.54, 1.807) is 0 Å². The average molecular weight is 196 g/mol. The zero-order chi connectivity index (χ0) is 10.1. The van der Waals surface area contributed by atoms with Crippen LogP contribution in [0.4, 0.5) is 11.6 Å². The summed E-state index contributed by atoms with van der Waals surface area (Å²) >= 11 is 0. The van der Waals surface area contributed by atoms with Crippen LogP contribution < -0.4 is 10.6 Å². The second-order valence-corrected chi connectivity index (χ2v) is 3.78. The molecule has 0 unspecified atom stereocenters. The maximum Gasteiger partial charge on any atom is 0.171 e.